The van der Waals surface area contributed by atoms with Gasteiger partial charge in [0.2, 0.25) is 11.8 Å². The van der Waals surface area contributed by atoms with Gasteiger partial charge in [-0.25, -0.2) is 4.98 Å². The molecule has 0 spiro atoms. The van der Waals surface area contributed by atoms with Crippen molar-refractivity contribution in [1.82, 2.24) is 24.1 Å². The van der Waals surface area contributed by atoms with E-state index in [0.717, 1.165) is 63.5 Å². The minimum absolute atomic E-state index is 0.0368. The van der Waals surface area contributed by atoms with Gasteiger partial charge >= 0.3 is 0 Å². The number of amides is 2. The highest BCUT2D eigenvalue weighted by Crippen LogP contribution is 2.21. The van der Waals surface area contributed by atoms with E-state index in [0.29, 0.717) is 6.54 Å². The van der Waals surface area contributed by atoms with Gasteiger partial charge in [0.25, 0.3) is 0 Å². The van der Waals surface area contributed by atoms with Crippen molar-refractivity contribution in [1.29, 1.82) is 0 Å². The van der Waals surface area contributed by atoms with E-state index in [1.807, 2.05) is 28.0 Å². The highest BCUT2D eigenvalue weighted by Gasteiger charge is 2.32. The third-order valence-corrected chi connectivity index (χ3v) is 6.10. The Hall–Kier alpha value is -2.41. The second-order valence-electron chi connectivity index (χ2n) is 7.98. The molecular formula is C21H29N5O2. The van der Waals surface area contributed by atoms with Gasteiger partial charge < -0.3 is 14.2 Å². The van der Waals surface area contributed by atoms with Crippen LogP contribution in [0.15, 0.2) is 24.4 Å². The number of pyridine rings is 1. The number of rotatable bonds is 3. The molecule has 0 N–H and O–H groups in total. The Morgan fingerprint density at radius 1 is 1.11 bits per heavy atom. The van der Waals surface area contributed by atoms with Crippen LogP contribution in [-0.4, -0.2) is 75.2 Å². The number of fused-ring (bicyclic) bond motifs is 1. The van der Waals surface area contributed by atoms with E-state index in [-0.39, 0.29) is 17.7 Å². The summed E-state index contributed by atoms with van der Waals surface area (Å²) in [4.78, 5) is 35.4. The summed E-state index contributed by atoms with van der Waals surface area (Å²) in [5.74, 6) is 0.257. The molecule has 0 saturated carbocycles. The van der Waals surface area contributed by atoms with Crippen LogP contribution < -0.4 is 0 Å². The number of aryl methyl sites for hydroxylation is 1. The first-order valence-corrected chi connectivity index (χ1v) is 10.2. The number of carbonyl (C=O) groups is 2. The fraction of sp³-hybridized carbons (Fsp3) is 0.571. The Morgan fingerprint density at radius 2 is 1.89 bits per heavy atom. The zero-order chi connectivity index (χ0) is 19.7. The van der Waals surface area contributed by atoms with Gasteiger partial charge in [0, 0.05) is 58.9 Å². The minimum Gasteiger partial charge on any atom is -0.342 e. The lowest BCUT2D eigenvalue weighted by Gasteiger charge is -2.38. The first-order valence-electron chi connectivity index (χ1n) is 10.2. The molecule has 2 aliphatic rings. The van der Waals surface area contributed by atoms with Gasteiger partial charge in [-0.3, -0.25) is 14.5 Å². The third-order valence-electron chi connectivity index (χ3n) is 6.10. The van der Waals surface area contributed by atoms with E-state index in [1.165, 1.54) is 5.69 Å². The average Bonchev–Trinajstić information content (AvgIpc) is 3.03. The first-order chi connectivity index (χ1) is 13.5. The molecule has 2 aliphatic heterocycles. The zero-order valence-electron chi connectivity index (χ0n) is 16.8. The van der Waals surface area contributed by atoms with Crippen LogP contribution in [0.1, 0.15) is 31.2 Å². The summed E-state index contributed by atoms with van der Waals surface area (Å²) >= 11 is 0. The maximum absolute atomic E-state index is 12.9. The molecule has 7 heteroatoms. The number of hydrogen-bond acceptors (Lipinski definition) is 4. The SMILES string of the molecule is CC(=O)N1CCC[C@@H](C(=O)N2CCN(Cc3c(C)nc4ccccn34)CC2)C1. The van der Waals surface area contributed by atoms with Crippen molar-refractivity contribution >= 4 is 17.5 Å². The molecule has 150 valence electrons. The normalized spacial score (nSPS) is 21.3. The van der Waals surface area contributed by atoms with Gasteiger partial charge in [-0.1, -0.05) is 6.07 Å². The van der Waals surface area contributed by atoms with E-state index >= 15 is 0 Å². The number of likely N-dealkylation sites (tertiary alicyclic amines) is 1. The molecule has 2 amide bonds. The molecule has 2 aromatic heterocycles. The molecule has 0 bridgehead atoms. The van der Waals surface area contributed by atoms with Gasteiger partial charge in [-0.2, -0.15) is 0 Å². The van der Waals surface area contributed by atoms with Crippen LogP contribution >= 0.6 is 0 Å². The second-order valence-corrected chi connectivity index (χ2v) is 7.98. The molecule has 0 aromatic carbocycles. The first kappa shape index (κ1) is 18.9. The summed E-state index contributed by atoms with van der Waals surface area (Å²) in [6, 6.07) is 6.07. The highest BCUT2D eigenvalue weighted by molar-refractivity contribution is 5.81. The number of carbonyl (C=O) groups excluding carboxylic acids is 2. The van der Waals surface area contributed by atoms with Gasteiger partial charge in [0.05, 0.1) is 17.3 Å². The maximum atomic E-state index is 12.9. The number of piperidine rings is 1. The third kappa shape index (κ3) is 3.76. The van der Waals surface area contributed by atoms with Gasteiger partial charge in [0.15, 0.2) is 0 Å². The van der Waals surface area contributed by atoms with Crippen LogP contribution in [0, 0.1) is 12.8 Å². The Morgan fingerprint density at radius 3 is 2.64 bits per heavy atom. The summed E-state index contributed by atoms with van der Waals surface area (Å²) in [5, 5.41) is 0. The number of aromatic nitrogens is 2. The number of nitrogens with zero attached hydrogens (tertiary/aromatic N) is 5. The second kappa shape index (κ2) is 7.91. The van der Waals surface area contributed by atoms with Crippen LogP contribution in [-0.2, 0) is 16.1 Å². The van der Waals surface area contributed by atoms with Crippen molar-refractivity contribution in [2.45, 2.75) is 33.2 Å². The summed E-state index contributed by atoms with van der Waals surface area (Å²) in [6.07, 6.45) is 3.88. The Labute approximate surface area is 165 Å². The van der Waals surface area contributed by atoms with E-state index in [2.05, 4.69) is 27.4 Å². The number of piperazine rings is 1. The topological polar surface area (TPSA) is 61.2 Å². The molecule has 1 atom stereocenters. The van der Waals surface area contributed by atoms with Gasteiger partial charge in [0.1, 0.15) is 5.65 Å². The Bertz CT molecular complexity index is 869. The van der Waals surface area contributed by atoms with E-state index < -0.39 is 0 Å². The predicted molar refractivity (Wildman–Crippen MR) is 107 cm³/mol. The lowest BCUT2D eigenvalue weighted by atomic mass is 9.96. The summed E-state index contributed by atoms with van der Waals surface area (Å²) < 4.78 is 2.16. The average molecular weight is 383 g/mol. The van der Waals surface area contributed by atoms with Crippen molar-refractivity contribution in [2.24, 2.45) is 5.92 Å². The minimum atomic E-state index is -0.0368. The summed E-state index contributed by atoms with van der Waals surface area (Å²) in [5.41, 5.74) is 3.27. The molecule has 4 heterocycles. The van der Waals surface area contributed by atoms with E-state index in [1.54, 1.807) is 6.92 Å². The maximum Gasteiger partial charge on any atom is 0.227 e. The molecule has 2 fully saturated rings. The molecular weight excluding hydrogens is 354 g/mol. The molecule has 0 aliphatic carbocycles. The summed E-state index contributed by atoms with van der Waals surface area (Å²) in [6.45, 7) is 9.11. The quantitative estimate of drug-likeness (QED) is 0.807. The largest absolute Gasteiger partial charge is 0.342 e. The predicted octanol–water partition coefficient (Wildman–Crippen LogP) is 1.55. The van der Waals surface area contributed by atoms with E-state index in [9.17, 15) is 9.59 Å². The summed E-state index contributed by atoms with van der Waals surface area (Å²) in [7, 11) is 0. The van der Waals surface area contributed by atoms with Crippen LogP contribution in [0.4, 0.5) is 0 Å². The lowest BCUT2D eigenvalue weighted by molar-refractivity contribution is -0.141. The molecule has 2 aromatic rings. The molecule has 0 unspecified atom stereocenters. The smallest absolute Gasteiger partial charge is 0.227 e. The Kier molecular flexibility index (Phi) is 5.35. The fourth-order valence-electron chi connectivity index (χ4n) is 4.42. The van der Waals surface area contributed by atoms with Crippen LogP contribution in [0.5, 0.6) is 0 Å². The van der Waals surface area contributed by atoms with Crippen LogP contribution in [0.25, 0.3) is 5.65 Å². The molecule has 0 radical (unpaired) electrons. The lowest BCUT2D eigenvalue weighted by Crippen LogP contribution is -2.52. The number of hydrogen-bond donors (Lipinski definition) is 0. The van der Waals surface area contributed by atoms with Crippen molar-refractivity contribution in [3.05, 3.63) is 35.8 Å². The zero-order valence-corrected chi connectivity index (χ0v) is 16.8. The van der Waals surface area contributed by atoms with Crippen molar-refractivity contribution in [3.63, 3.8) is 0 Å². The van der Waals surface area contributed by atoms with E-state index in [4.69, 9.17) is 0 Å². The fourth-order valence-corrected chi connectivity index (χ4v) is 4.42. The standard InChI is InChI=1S/C21H29N5O2/c1-16-19(26-9-4-3-7-20(26)22-16)15-23-10-12-24(13-11-23)21(28)18-6-5-8-25(14-18)17(2)27/h3-4,7,9,18H,5-6,8,10-15H2,1-2H3/t18-/m1/s1. The van der Waals surface area contributed by atoms with Crippen molar-refractivity contribution < 1.29 is 9.59 Å². The number of imidazole rings is 1. The molecule has 7 nitrogen and oxygen atoms in total. The monoisotopic (exact) mass is 383 g/mol. The van der Waals surface area contributed by atoms with Crippen LogP contribution in [0.2, 0.25) is 0 Å². The van der Waals surface area contributed by atoms with Gasteiger partial charge in [-0.05, 0) is 31.9 Å². The molecule has 28 heavy (non-hydrogen) atoms. The molecule has 2 saturated heterocycles. The van der Waals surface area contributed by atoms with Crippen LogP contribution in [0.3, 0.4) is 0 Å². The van der Waals surface area contributed by atoms with Gasteiger partial charge in [-0.15, -0.1) is 0 Å². The Balaban J connectivity index is 1.35. The molecule has 4 rings (SSSR count). The van der Waals surface area contributed by atoms with Crippen molar-refractivity contribution in [2.75, 3.05) is 39.3 Å². The van der Waals surface area contributed by atoms with Crippen molar-refractivity contribution in [3.8, 4) is 0 Å². The highest BCUT2D eigenvalue weighted by atomic mass is 16.2.